The van der Waals surface area contributed by atoms with E-state index in [4.69, 9.17) is 13.9 Å². The van der Waals surface area contributed by atoms with E-state index in [0.717, 1.165) is 11.1 Å². The first kappa shape index (κ1) is 20.7. The molecule has 0 radical (unpaired) electrons. The van der Waals surface area contributed by atoms with Crippen LogP contribution in [0.5, 0.6) is 11.5 Å². The van der Waals surface area contributed by atoms with Gasteiger partial charge in [-0.3, -0.25) is 9.59 Å². The zero-order valence-corrected chi connectivity index (χ0v) is 16.7. The monoisotopic (exact) mass is 406 g/mol. The summed E-state index contributed by atoms with van der Waals surface area (Å²) in [5.74, 6) is 0.984. The summed E-state index contributed by atoms with van der Waals surface area (Å²) in [5, 5.41) is 5.56. The molecule has 3 aromatic rings. The average Bonchev–Trinajstić information content (AvgIpc) is 3.32. The van der Waals surface area contributed by atoms with E-state index in [-0.39, 0.29) is 17.6 Å². The van der Waals surface area contributed by atoms with Gasteiger partial charge in [0.25, 0.3) is 5.91 Å². The van der Waals surface area contributed by atoms with Crippen molar-refractivity contribution in [2.75, 3.05) is 19.5 Å². The van der Waals surface area contributed by atoms with Gasteiger partial charge in [0.1, 0.15) is 11.5 Å². The van der Waals surface area contributed by atoms with Crippen molar-refractivity contribution in [3.63, 3.8) is 0 Å². The van der Waals surface area contributed by atoms with Gasteiger partial charge in [0.2, 0.25) is 5.91 Å². The molecular weight excluding hydrogens is 384 g/mol. The minimum Gasteiger partial charge on any atom is -0.497 e. The van der Waals surface area contributed by atoms with Crippen LogP contribution >= 0.6 is 0 Å². The minimum absolute atomic E-state index is 0.233. The van der Waals surface area contributed by atoms with Crippen LogP contribution in [0.25, 0.3) is 6.08 Å². The van der Waals surface area contributed by atoms with Crippen LogP contribution < -0.4 is 20.1 Å². The summed E-state index contributed by atoms with van der Waals surface area (Å²) in [6.07, 6.45) is 4.57. The van der Waals surface area contributed by atoms with Crippen molar-refractivity contribution >= 4 is 23.6 Å². The average molecular weight is 406 g/mol. The lowest BCUT2D eigenvalue weighted by Crippen LogP contribution is -2.20. The second kappa shape index (κ2) is 9.97. The Morgan fingerprint density at radius 2 is 1.83 bits per heavy atom. The summed E-state index contributed by atoms with van der Waals surface area (Å²) < 4.78 is 15.5. The van der Waals surface area contributed by atoms with Gasteiger partial charge < -0.3 is 24.5 Å². The lowest BCUT2D eigenvalue weighted by molar-refractivity contribution is -0.116. The van der Waals surface area contributed by atoms with E-state index in [2.05, 4.69) is 10.6 Å². The van der Waals surface area contributed by atoms with E-state index in [1.165, 1.54) is 12.3 Å². The summed E-state index contributed by atoms with van der Waals surface area (Å²) >= 11 is 0. The molecule has 0 saturated heterocycles. The number of nitrogens with one attached hydrogen (secondary N) is 2. The van der Waals surface area contributed by atoms with Crippen molar-refractivity contribution in [3.05, 3.63) is 83.8 Å². The summed E-state index contributed by atoms with van der Waals surface area (Å²) in [5.41, 5.74) is 2.30. The van der Waals surface area contributed by atoms with Gasteiger partial charge in [-0.2, -0.15) is 0 Å². The Bertz CT molecular complexity index is 1020. The fourth-order valence-electron chi connectivity index (χ4n) is 2.68. The van der Waals surface area contributed by atoms with E-state index < -0.39 is 0 Å². The molecule has 154 valence electrons. The SMILES string of the molecule is COc1ccc(/C=C/C(=O)NCc2ccc(NC(=O)c3ccco3)cc2)c(OC)c1. The molecule has 0 aliphatic heterocycles. The smallest absolute Gasteiger partial charge is 0.291 e. The van der Waals surface area contributed by atoms with Gasteiger partial charge in [-0.1, -0.05) is 12.1 Å². The molecule has 30 heavy (non-hydrogen) atoms. The maximum atomic E-state index is 12.1. The maximum Gasteiger partial charge on any atom is 0.291 e. The number of hydrogen-bond donors (Lipinski definition) is 2. The van der Waals surface area contributed by atoms with Crippen LogP contribution in [-0.2, 0) is 11.3 Å². The highest BCUT2D eigenvalue weighted by atomic mass is 16.5. The third kappa shape index (κ3) is 5.51. The first-order valence-corrected chi connectivity index (χ1v) is 9.21. The van der Waals surface area contributed by atoms with Crippen LogP contribution in [-0.4, -0.2) is 26.0 Å². The van der Waals surface area contributed by atoms with Crippen LogP contribution in [0, 0.1) is 0 Å². The zero-order chi connectivity index (χ0) is 21.3. The largest absolute Gasteiger partial charge is 0.497 e. The van der Waals surface area contributed by atoms with Gasteiger partial charge in [-0.25, -0.2) is 0 Å². The summed E-state index contributed by atoms with van der Waals surface area (Å²) in [6, 6.07) is 15.8. The van der Waals surface area contributed by atoms with Crippen molar-refractivity contribution in [2.24, 2.45) is 0 Å². The van der Waals surface area contributed by atoms with E-state index in [1.807, 2.05) is 18.2 Å². The number of benzene rings is 2. The number of amides is 2. The Labute approximate surface area is 174 Å². The Balaban J connectivity index is 1.52. The van der Waals surface area contributed by atoms with E-state index >= 15 is 0 Å². The quantitative estimate of drug-likeness (QED) is 0.554. The zero-order valence-electron chi connectivity index (χ0n) is 16.7. The van der Waals surface area contributed by atoms with Gasteiger partial charge >= 0.3 is 0 Å². The molecule has 1 aromatic heterocycles. The molecule has 2 N–H and O–H groups in total. The predicted molar refractivity (Wildman–Crippen MR) is 114 cm³/mol. The summed E-state index contributed by atoms with van der Waals surface area (Å²) in [7, 11) is 3.14. The molecule has 1 heterocycles. The highest BCUT2D eigenvalue weighted by Gasteiger charge is 2.08. The molecule has 0 fully saturated rings. The predicted octanol–water partition coefficient (Wildman–Crippen LogP) is 3.88. The van der Waals surface area contributed by atoms with Crippen LogP contribution in [0.3, 0.4) is 0 Å². The van der Waals surface area contributed by atoms with Crippen molar-refractivity contribution in [3.8, 4) is 11.5 Å². The molecule has 0 saturated carbocycles. The molecule has 2 amide bonds. The van der Waals surface area contributed by atoms with E-state index in [9.17, 15) is 9.59 Å². The van der Waals surface area contributed by atoms with Crippen LogP contribution in [0.2, 0.25) is 0 Å². The van der Waals surface area contributed by atoms with Gasteiger partial charge in [0.05, 0.1) is 20.5 Å². The first-order chi connectivity index (χ1) is 14.6. The molecule has 0 aliphatic carbocycles. The highest BCUT2D eigenvalue weighted by molar-refractivity contribution is 6.02. The molecule has 7 heteroatoms. The number of furan rings is 1. The third-order valence-corrected chi connectivity index (χ3v) is 4.28. The van der Waals surface area contributed by atoms with Gasteiger partial charge in [0.15, 0.2) is 5.76 Å². The summed E-state index contributed by atoms with van der Waals surface area (Å²) in [6.45, 7) is 0.356. The normalized spacial score (nSPS) is 10.6. The van der Waals surface area contributed by atoms with Crippen LogP contribution in [0.4, 0.5) is 5.69 Å². The second-order valence-electron chi connectivity index (χ2n) is 6.29. The number of carbonyl (C=O) groups is 2. The lowest BCUT2D eigenvalue weighted by atomic mass is 10.1. The Hall–Kier alpha value is -4.00. The van der Waals surface area contributed by atoms with Crippen molar-refractivity contribution in [2.45, 2.75) is 6.54 Å². The second-order valence-corrected chi connectivity index (χ2v) is 6.29. The number of ether oxygens (including phenoxy) is 2. The molecule has 7 nitrogen and oxygen atoms in total. The van der Waals surface area contributed by atoms with Gasteiger partial charge in [-0.15, -0.1) is 0 Å². The van der Waals surface area contributed by atoms with Crippen LogP contribution in [0.1, 0.15) is 21.7 Å². The Morgan fingerprint density at radius 1 is 1.03 bits per heavy atom. The highest BCUT2D eigenvalue weighted by Crippen LogP contribution is 2.25. The number of methoxy groups -OCH3 is 2. The molecular formula is C23H22N2O5. The Morgan fingerprint density at radius 3 is 2.50 bits per heavy atom. The standard InChI is InChI=1S/C23H22N2O5/c1-28-19-11-7-17(21(14-19)29-2)8-12-22(26)24-15-16-5-9-18(10-6-16)25-23(27)20-4-3-13-30-20/h3-14H,15H2,1-2H3,(H,24,26)(H,25,27)/b12-8+. The molecule has 0 unspecified atom stereocenters. The van der Waals surface area contributed by atoms with Crippen molar-refractivity contribution in [1.82, 2.24) is 5.32 Å². The molecule has 0 atom stereocenters. The first-order valence-electron chi connectivity index (χ1n) is 9.21. The molecule has 0 spiro atoms. The number of anilines is 1. The maximum absolute atomic E-state index is 12.1. The Kier molecular flexibility index (Phi) is 6.89. The third-order valence-electron chi connectivity index (χ3n) is 4.28. The molecule has 2 aromatic carbocycles. The van der Waals surface area contributed by atoms with Crippen molar-refractivity contribution in [1.29, 1.82) is 0 Å². The van der Waals surface area contributed by atoms with Gasteiger partial charge in [0, 0.05) is 29.9 Å². The van der Waals surface area contributed by atoms with Crippen LogP contribution in [0.15, 0.2) is 71.4 Å². The van der Waals surface area contributed by atoms with Gasteiger partial charge in [-0.05, 0) is 48.0 Å². The van der Waals surface area contributed by atoms with E-state index in [0.29, 0.717) is 23.7 Å². The fraction of sp³-hybridized carbons (Fsp3) is 0.130. The molecule has 0 bridgehead atoms. The number of hydrogen-bond acceptors (Lipinski definition) is 5. The molecule has 0 aliphatic rings. The topological polar surface area (TPSA) is 89.8 Å². The molecule has 3 rings (SSSR count). The number of carbonyl (C=O) groups excluding carboxylic acids is 2. The summed E-state index contributed by atoms with van der Waals surface area (Å²) in [4.78, 5) is 24.1. The van der Waals surface area contributed by atoms with E-state index in [1.54, 1.807) is 56.7 Å². The van der Waals surface area contributed by atoms with Crippen molar-refractivity contribution < 1.29 is 23.5 Å². The lowest BCUT2D eigenvalue weighted by Gasteiger charge is -2.08. The fourth-order valence-corrected chi connectivity index (χ4v) is 2.68. The number of rotatable bonds is 8. The minimum atomic E-state index is -0.319.